The summed E-state index contributed by atoms with van der Waals surface area (Å²) in [7, 11) is 3.14. The van der Waals surface area contributed by atoms with Crippen LogP contribution in [0.2, 0.25) is 0 Å². The van der Waals surface area contributed by atoms with Gasteiger partial charge < -0.3 is 14.8 Å². The lowest BCUT2D eigenvalue weighted by Crippen LogP contribution is -2.14. The maximum absolute atomic E-state index is 12.9. The third kappa shape index (κ3) is 4.15. The number of ether oxygens (including phenoxy) is 2. The Balaban J connectivity index is 1.71. The number of halogens is 1. The summed E-state index contributed by atoms with van der Waals surface area (Å²) in [6, 6.07) is 11.2. The van der Waals surface area contributed by atoms with Gasteiger partial charge in [-0.2, -0.15) is 0 Å². The summed E-state index contributed by atoms with van der Waals surface area (Å²) in [6.07, 6.45) is 0.126. The van der Waals surface area contributed by atoms with Crippen molar-refractivity contribution in [3.63, 3.8) is 0 Å². The number of carbonyl (C=O) groups excluding carboxylic acids is 1. The van der Waals surface area contributed by atoms with Crippen LogP contribution in [0.25, 0.3) is 10.6 Å². The average molecular weight is 373 g/mol. The number of anilines is 1. The maximum atomic E-state index is 12.9. The summed E-state index contributed by atoms with van der Waals surface area (Å²) in [5.74, 6) is 0.685. The number of hydrogen-bond donors (Lipinski definition) is 1. The number of nitrogens with zero attached hydrogens (tertiary/aromatic N) is 2. The van der Waals surface area contributed by atoms with Gasteiger partial charge in [-0.3, -0.25) is 4.79 Å². The van der Waals surface area contributed by atoms with E-state index in [9.17, 15) is 9.18 Å². The Morgan fingerprint density at radius 1 is 1.12 bits per heavy atom. The zero-order valence-corrected chi connectivity index (χ0v) is 15.0. The van der Waals surface area contributed by atoms with Crippen molar-refractivity contribution < 1.29 is 18.7 Å². The van der Waals surface area contributed by atoms with E-state index in [0.717, 1.165) is 5.56 Å². The Morgan fingerprint density at radius 3 is 2.58 bits per heavy atom. The molecule has 0 spiro atoms. The van der Waals surface area contributed by atoms with Crippen molar-refractivity contribution in [2.24, 2.45) is 0 Å². The molecule has 0 aliphatic carbocycles. The summed E-state index contributed by atoms with van der Waals surface area (Å²) in [5, 5.41) is 11.8. The first-order valence-corrected chi connectivity index (χ1v) is 8.51. The predicted octanol–water partition coefficient (Wildman–Crippen LogP) is 3.54. The lowest BCUT2D eigenvalue weighted by Gasteiger charge is -2.07. The summed E-state index contributed by atoms with van der Waals surface area (Å²) >= 11 is 1.24. The summed E-state index contributed by atoms with van der Waals surface area (Å²) in [4.78, 5) is 12.1. The van der Waals surface area contributed by atoms with Crippen LogP contribution in [0.3, 0.4) is 0 Å². The van der Waals surface area contributed by atoms with Gasteiger partial charge in [0.05, 0.1) is 26.2 Å². The van der Waals surface area contributed by atoms with Crippen LogP contribution in [0.15, 0.2) is 42.5 Å². The Hall–Kier alpha value is -3.00. The molecule has 0 aliphatic heterocycles. The highest BCUT2D eigenvalue weighted by Gasteiger charge is 2.14. The molecule has 0 fully saturated rings. The monoisotopic (exact) mass is 373 g/mol. The van der Waals surface area contributed by atoms with Crippen LogP contribution in [0, 0.1) is 5.82 Å². The molecular weight excluding hydrogens is 357 g/mol. The van der Waals surface area contributed by atoms with E-state index in [1.165, 1.54) is 23.5 Å². The van der Waals surface area contributed by atoms with Gasteiger partial charge in [-0.05, 0) is 29.8 Å². The number of methoxy groups -OCH3 is 2. The molecule has 26 heavy (non-hydrogen) atoms. The van der Waals surface area contributed by atoms with Crippen LogP contribution >= 0.6 is 11.3 Å². The summed E-state index contributed by atoms with van der Waals surface area (Å²) < 4.78 is 23.4. The molecular formula is C18H16FN3O3S. The minimum Gasteiger partial charge on any atom is -0.497 e. The average Bonchev–Trinajstić information content (AvgIpc) is 3.11. The van der Waals surface area contributed by atoms with Gasteiger partial charge in [0, 0.05) is 6.07 Å². The first-order valence-electron chi connectivity index (χ1n) is 7.69. The van der Waals surface area contributed by atoms with Gasteiger partial charge >= 0.3 is 0 Å². The molecule has 1 heterocycles. The number of hydrogen-bond acceptors (Lipinski definition) is 6. The van der Waals surface area contributed by atoms with Crippen molar-refractivity contribution in [2.75, 3.05) is 19.5 Å². The second-order valence-corrected chi connectivity index (χ2v) is 6.31. The van der Waals surface area contributed by atoms with Crippen LogP contribution in [0.4, 0.5) is 9.52 Å². The van der Waals surface area contributed by atoms with Crippen molar-refractivity contribution in [1.82, 2.24) is 10.2 Å². The quantitative estimate of drug-likeness (QED) is 0.715. The number of nitrogens with one attached hydrogen (secondary N) is 1. The van der Waals surface area contributed by atoms with E-state index in [2.05, 4.69) is 15.5 Å². The molecule has 8 heteroatoms. The summed E-state index contributed by atoms with van der Waals surface area (Å²) in [5.41, 5.74) is 1.47. The zero-order valence-electron chi connectivity index (χ0n) is 14.2. The van der Waals surface area contributed by atoms with E-state index in [4.69, 9.17) is 9.47 Å². The van der Waals surface area contributed by atoms with E-state index in [1.54, 1.807) is 38.5 Å². The Kier molecular flexibility index (Phi) is 5.43. The maximum Gasteiger partial charge on any atom is 0.230 e. The molecule has 0 saturated carbocycles. The normalized spacial score (nSPS) is 10.4. The van der Waals surface area contributed by atoms with Crippen LogP contribution in [0.1, 0.15) is 5.56 Å². The molecule has 0 aliphatic rings. The highest BCUT2D eigenvalue weighted by Crippen LogP contribution is 2.35. The third-order valence-electron chi connectivity index (χ3n) is 3.59. The van der Waals surface area contributed by atoms with Gasteiger partial charge in [0.15, 0.2) is 5.01 Å². The smallest absolute Gasteiger partial charge is 0.230 e. The molecule has 0 unspecified atom stereocenters. The van der Waals surface area contributed by atoms with Gasteiger partial charge in [0.1, 0.15) is 17.3 Å². The second kappa shape index (κ2) is 7.92. The van der Waals surface area contributed by atoms with E-state index in [-0.39, 0.29) is 18.1 Å². The summed E-state index contributed by atoms with van der Waals surface area (Å²) in [6.45, 7) is 0. The first-order chi connectivity index (χ1) is 12.6. The number of aromatic nitrogens is 2. The van der Waals surface area contributed by atoms with Crippen LogP contribution in [-0.2, 0) is 11.2 Å². The molecule has 0 radical (unpaired) electrons. The van der Waals surface area contributed by atoms with Crippen molar-refractivity contribution in [3.05, 3.63) is 53.8 Å². The topological polar surface area (TPSA) is 73.3 Å². The molecule has 6 nitrogen and oxygen atoms in total. The molecule has 2 aromatic carbocycles. The molecule has 134 valence electrons. The molecule has 1 aromatic heterocycles. The molecule has 0 saturated heterocycles. The van der Waals surface area contributed by atoms with Gasteiger partial charge in [-0.15, -0.1) is 10.2 Å². The Bertz CT molecular complexity index is 912. The van der Waals surface area contributed by atoms with Gasteiger partial charge in [-0.1, -0.05) is 23.5 Å². The largest absolute Gasteiger partial charge is 0.497 e. The van der Waals surface area contributed by atoms with Crippen LogP contribution < -0.4 is 14.8 Å². The van der Waals surface area contributed by atoms with Crippen LogP contribution in [0.5, 0.6) is 11.5 Å². The predicted molar refractivity (Wildman–Crippen MR) is 97.2 cm³/mol. The van der Waals surface area contributed by atoms with E-state index in [0.29, 0.717) is 27.2 Å². The fourth-order valence-corrected chi connectivity index (χ4v) is 3.10. The third-order valence-corrected chi connectivity index (χ3v) is 4.46. The Morgan fingerprint density at radius 2 is 1.88 bits per heavy atom. The molecule has 1 N–H and O–H groups in total. The number of benzene rings is 2. The minimum atomic E-state index is -0.337. The number of rotatable bonds is 6. The Labute approximate surface area is 153 Å². The zero-order chi connectivity index (χ0) is 18.5. The van der Waals surface area contributed by atoms with Gasteiger partial charge in [0.25, 0.3) is 0 Å². The first kappa shape index (κ1) is 17.8. The molecule has 3 aromatic rings. The van der Waals surface area contributed by atoms with Crippen molar-refractivity contribution in [2.45, 2.75) is 6.42 Å². The van der Waals surface area contributed by atoms with Crippen molar-refractivity contribution in [3.8, 4) is 22.1 Å². The highest BCUT2D eigenvalue weighted by molar-refractivity contribution is 7.18. The van der Waals surface area contributed by atoms with Crippen LogP contribution in [-0.4, -0.2) is 30.3 Å². The van der Waals surface area contributed by atoms with E-state index >= 15 is 0 Å². The van der Waals surface area contributed by atoms with Crippen molar-refractivity contribution in [1.29, 1.82) is 0 Å². The fraction of sp³-hybridized carbons (Fsp3) is 0.167. The number of amides is 1. The standard InChI is InChI=1S/C18H16FN3O3S/c1-24-13-7-8-14(15(10-13)25-2)17-21-22-18(26-17)20-16(23)9-11-3-5-12(19)6-4-11/h3-8,10H,9H2,1-2H3,(H,20,22,23). The minimum absolute atomic E-state index is 0.126. The number of carbonyl (C=O) groups is 1. The highest BCUT2D eigenvalue weighted by atomic mass is 32.1. The molecule has 0 atom stereocenters. The molecule has 0 bridgehead atoms. The van der Waals surface area contributed by atoms with E-state index in [1.807, 2.05) is 6.07 Å². The molecule has 3 rings (SSSR count). The van der Waals surface area contributed by atoms with Crippen molar-refractivity contribution >= 4 is 22.4 Å². The van der Waals surface area contributed by atoms with Gasteiger partial charge in [0.2, 0.25) is 11.0 Å². The molecule has 1 amide bonds. The lowest BCUT2D eigenvalue weighted by molar-refractivity contribution is -0.115. The van der Waals surface area contributed by atoms with Gasteiger partial charge in [-0.25, -0.2) is 4.39 Å². The second-order valence-electron chi connectivity index (χ2n) is 5.33. The van der Waals surface area contributed by atoms with E-state index < -0.39 is 0 Å². The SMILES string of the molecule is COc1ccc(-c2nnc(NC(=O)Cc3ccc(F)cc3)s2)c(OC)c1. The fourth-order valence-electron chi connectivity index (χ4n) is 2.31. The lowest BCUT2D eigenvalue weighted by atomic mass is 10.1.